The third kappa shape index (κ3) is 3.90. The summed E-state index contributed by atoms with van der Waals surface area (Å²) in [5, 5.41) is 4.00. The molecule has 0 spiro atoms. The summed E-state index contributed by atoms with van der Waals surface area (Å²) in [6.07, 6.45) is 1.77. The average Bonchev–Trinajstić information content (AvgIpc) is 3.04. The minimum atomic E-state index is 0.123. The van der Waals surface area contributed by atoms with Gasteiger partial charge in [0, 0.05) is 17.4 Å². The summed E-state index contributed by atoms with van der Waals surface area (Å²) in [4.78, 5) is 19.3. The monoisotopic (exact) mass is 327 g/mol. The van der Waals surface area contributed by atoms with Gasteiger partial charge in [0.15, 0.2) is 11.6 Å². The zero-order chi connectivity index (χ0) is 17.1. The number of likely N-dealkylation sites (tertiary alicyclic amines) is 1. The third-order valence-electron chi connectivity index (χ3n) is 4.65. The van der Waals surface area contributed by atoms with Crippen LogP contribution in [0.2, 0.25) is 0 Å². The molecule has 0 unspecified atom stereocenters. The molecular weight excluding hydrogens is 302 g/mol. The molecule has 2 heterocycles. The Morgan fingerprint density at radius 3 is 2.50 bits per heavy atom. The summed E-state index contributed by atoms with van der Waals surface area (Å²) >= 11 is 0. The predicted octanol–water partition coefficient (Wildman–Crippen LogP) is 3.60. The second-order valence-corrected chi connectivity index (χ2v) is 6.98. The number of hydrogen-bond donors (Lipinski definition) is 0. The molecule has 1 aromatic carbocycles. The Morgan fingerprint density at radius 2 is 1.92 bits per heavy atom. The maximum atomic E-state index is 12.6. The van der Waals surface area contributed by atoms with Gasteiger partial charge in [-0.25, -0.2) is 0 Å². The van der Waals surface area contributed by atoms with E-state index in [9.17, 15) is 4.79 Å². The maximum Gasteiger partial charge on any atom is 0.240 e. The highest BCUT2D eigenvalue weighted by Crippen LogP contribution is 2.23. The van der Waals surface area contributed by atoms with Gasteiger partial charge < -0.3 is 4.52 Å². The largest absolute Gasteiger partial charge is 0.338 e. The van der Waals surface area contributed by atoms with Gasteiger partial charge in [-0.3, -0.25) is 9.69 Å². The van der Waals surface area contributed by atoms with Crippen LogP contribution < -0.4 is 0 Å². The van der Waals surface area contributed by atoms with Crippen LogP contribution in [0.4, 0.5) is 0 Å². The number of hydrogen-bond acceptors (Lipinski definition) is 5. The Kier molecular flexibility index (Phi) is 5.09. The van der Waals surface area contributed by atoms with Crippen LogP contribution in [0.25, 0.3) is 0 Å². The number of benzene rings is 1. The minimum absolute atomic E-state index is 0.123. The summed E-state index contributed by atoms with van der Waals surface area (Å²) in [6, 6.07) is 7.89. The van der Waals surface area contributed by atoms with Crippen molar-refractivity contribution in [3.05, 3.63) is 47.1 Å². The van der Waals surface area contributed by atoms with Gasteiger partial charge in [-0.2, -0.15) is 4.98 Å². The van der Waals surface area contributed by atoms with E-state index in [4.69, 9.17) is 4.52 Å². The van der Waals surface area contributed by atoms with Crippen LogP contribution in [0.5, 0.6) is 0 Å². The van der Waals surface area contributed by atoms with E-state index in [1.165, 1.54) is 5.56 Å². The summed E-state index contributed by atoms with van der Waals surface area (Å²) < 4.78 is 5.31. The number of rotatable bonds is 5. The first-order chi connectivity index (χ1) is 11.5. The summed E-state index contributed by atoms with van der Waals surface area (Å²) in [5.41, 5.74) is 2.01. The molecular formula is C19H25N3O2. The van der Waals surface area contributed by atoms with Crippen molar-refractivity contribution in [2.75, 3.05) is 13.1 Å². The molecule has 1 aliphatic heterocycles. The van der Waals surface area contributed by atoms with E-state index in [-0.39, 0.29) is 17.6 Å². The molecule has 0 radical (unpaired) electrons. The first kappa shape index (κ1) is 16.8. The molecule has 1 fully saturated rings. The number of aryl methyl sites for hydroxylation is 1. The molecule has 5 heteroatoms. The predicted molar refractivity (Wildman–Crippen MR) is 91.9 cm³/mol. The lowest BCUT2D eigenvalue weighted by Gasteiger charge is -2.30. The highest BCUT2D eigenvalue weighted by atomic mass is 16.5. The van der Waals surface area contributed by atoms with Crippen LogP contribution in [0.15, 0.2) is 28.8 Å². The topological polar surface area (TPSA) is 59.2 Å². The highest BCUT2D eigenvalue weighted by Gasteiger charge is 2.26. The van der Waals surface area contributed by atoms with Gasteiger partial charge in [-0.05, 0) is 32.9 Å². The Hall–Kier alpha value is -2.01. The maximum absolute atomic E-state index is 12.6. The minimum Gasteiger partial charge on any atom is -0.338 e. The van der Waals surface area contributed by atoms with Gasteiger partial charge in [0.1, 0.15) is 0 Å². The van der Waals surface area contributed by atoms with Gasteiger partial charge in [0.05, 0.1) is 6.54 Å². The van der Waals surface area contributed by atoms with Crippen molar-refractivity contribution in [2.45, 2.75) is 46.1 Å². The SMILES string of the molecule is Cc1ccc(C(=O)C2CCN(Cc3nc(C(C)C)no3)CC2)cc1. The molecule has 0 atom stereocenters. The molecule has 0 bridgehead atoms. The molecule has 3 rings (SSSR count). The lowest BCUT2D eigenvalue weighted by atomic mass is 9.88. The quantitative estimate of drug-likeness (QED) is 0.785. The Labute approximate surface area is 143 Å². The second-order valence-electron chi connectivity index (χ2n) is 6.98. The standard InChI is InChI=1S/C19H25N3O2/c1-13(2)19-20-17(24-21-19)12-22-10-8-16(9-11-22)18(23)15-6-4-14(3)5-7-15/h4-7,13,16H,8-12H2,1-3H3. The van der Waals surface area contributed by atoms with Crippen molar-refractivity contribution in [1.82, 2.24) is 15.0 Å². The first-order valence-corrected chi connectivity index (χ1v) is 8.68. The highest BCUT2D eigenvalue weighted by molar-refractivity contribution is 5.97. The number of nitrogens with zero attached hydrogens (tertiary/aromatic N) is 3. The number of carbonyl (C=O) groups is 1. The molecule has 1 aromatic heterocycles. The smallest absolute Gasteiger partial charge is 0.240 e. The first-order valence-electron chi connectivity index (χ1n) is 8.68. The van der Waals surface area contributed by atoms with Gasteiger partial charge >= 0.3 is 0 Å². The molecule has 1 aliphatic rings. The van der Waals surface area contributed by atoms with Crippen molar-refractivity contribution in [3.8, 4) is 0 Å². The Bertz CT molecular complexity index is 683. The van der Waals surface area contributed by atoms with Crippen LogP contribution in [0, 0.1) is 12.8 Å². The number of ketones is 1. The van der Waals surface area contributed by atoms with E-state index in [1.807, 2.05) is 31.2 Å². The molecule has 0 N–H and O–H groups in total. The molecule has 1 saturated heterocycles. The summed E-state index contributed by atoms with van der Waals surface area (Å²) in [5.74, 6) is 2.10. The zero-order valence-corrected chi connectivity index (χ0v) is 14.7. The van der Waals surface area contributed by atoms with Crippen LogP contribution in [-0.4, -0.2) is 33.9 Å². The van der Waals surface area contributed by atoms with Crippen LogP contribution in [0.1, 0.15) is 60.2 Å². The molecule has 24 heavy (non-hydrogen) atoms. The van der Waals surface area contributed by atoms with Crippen molar-refractivity contribution < 1.29 is 9.32 Å². The zero-order valence-electron chi connectivity index (χ0n) is 14.7. The van der Waals surface area contributed by atoms with Crippen LogP contribution in [0.3, 0.4) is 0 Å². The molecule has 0 saturated carbocycles. The number of Topliss-reactive ketones (excluding diaryl/α,β-unsaturated/α-hetero) is 1. The summed E-state index contributed by atoms with van der Waals surface area (Å²) in [7, 11) is 0. The van der Waals surface area contributed by atoms with E-state index in [1.54, 1.807) is 0 Å². The molecule has 5 nitrogen and oxygen atoms in total. The molecule has 128 valence electrons. The second kappa shape index (κ2) is 7.26. The number of carbonyl (C=O) groups excluding carboxylic acids is 1. The van der Waals surface area contributed by atoms with Crippen LogP contribution in [-0.2, 0) is 6.54 Å². The fourth-order valence-electron chi connectivity index (χ4n) is 3.06. The Balaban J connectivity index is 1.53. The average molecular weight is 327 g/mol. The van der Waals surface area contributed by atoms with Crippen molar-refractivity contribution in [3.63, 3.8) is 0 Å². The fourth-order valence-corrected chi connectivity index (χ4v) is 3.06. The lowest BCUT2D eigenvalue weighted by Crippen LogP contribution is -2.36. The molecule has 0 aliphatic carbocycles. The van der Waals surface area contributed by atoms with E-state index in [0.29, 0.717) is 12.4 Å². The van der Waals surface area contributed by atoms with Crippen molar-refractivity contribution in [1.29, 1.82) is 0 Å². The van der Waals surface area contributed by atoms with Gasteiger partial charge in [0.25, 0.3) is 0 Å². The third-order valence-corrected chi connectivity index (χ3v) is 4.65. The van der Waals surface area contributed by atoms with Gasteiger partial charge in [0.2, 0.25) is 5.89 Å². The van der Waals surface area contributed by atoms with E-state index in [0.717, 1.165) is 37.3 Å². The van der Waals surface area contributed by atoms with E-state index >= 15 is 0 Å². The fraction of sp³-hybridized carbons (Fsp3) is 0.526. The van der Waals surface area contributed by atoms with E-state index < -0.39 is 0 Å². The number of piperidine rings is 1. The Morgan fingerprint density at radius 1 is 1.25 bits per heavy atom. The van der Waals surface area contributed by atoms with Gasteiger partial charge in [-0.1, -0.05) is 48.8 Å². The van der Waals surface area contributed by atoms with Gasteiger partial charge in [-0.15, -0.1) is 0 Å². The molecule has 0 amide bonds. The van der Waals surface area contributed by atoms with E-state index in [2.05, 4.69) is 28.9 Å². The number of aromatic nitrogens is 2. The van der Waals surface area contributed by atoms with Crippen LogP contribution >= 0.6 is 0 Å². The lowest BCUT2D eigenvalue weighted by molar-refractivity contribution is 0.0825. The molecule has 2 aromatic rings. The van der Waals surface area contributed by atoms with Crippen molar-refractivity contribution >= 4 is 5.78 Å². The van der Waals surface area contributed by atoms with Crippen molar-refractivity contribution in [2.24, 2.45) is 5.92 Å². The normalized spacial score (nSPS) is 16.7. The summed E-state index contributed by atoms with van der Waals surface area (Å²) in [6.45, 7) is 8.59.